The lowest BCUT2D eigenvalue weighted by Gasteiger charge is -2.04. The molecule has 0 saturated heterocycles. The van der Waals surface area contributed by atoms with Gasteiger partial charge in [0.25, 0.3) is 0 Å². The highest BCUT2D eigenvalue weighted by molar-refractivity contribution is 5.52. The minimum atomic E-state index is -1.55. The van der Waals surface area contributed by atoms with E-state index in [1.54, 1.807) is 0 Å². The molecule has 0 unspecified atom stereocenters. The van der Waals surface area contributed by atoms with E-state index in [0.29, 0.717) is 18.5 Å². The van der Waals surface area contributed by atoms with Crippen LogP contribution in [0.4, 0.5) is 24.9 Å². The third-order valence-electron chi connectivity index (χ3n) is 2.86. The van der Waals surface area contributed by atoms with Crippen molar-refractivity contribution in [2.45, 2.75) is 25.4 Å². The summed E-state index contributed by atoms with van der Waals surface area (Å²) in [4.78, 5) is 0. The number of halogens is 3. The summed E-state index contributed by atoms with van der Waals surface area (Å²) in [5, 5.41) is 13.0. The van der Waals surface area contributed by atoms with Crippen LogP contribution in [-0.2, 0) is 6.54 Å². The average molecular weight is 284 g/mol. The minimum absolute atomic E-state index is 0.0810. The van der Waals surface area contributed by atoms with Crippen molar-refractivity contribution in [3.63, 3.8) is 0 Å². The Bertz CT molecular complexity index is 627. The van der Waals surface area contributed by atoms with Gasteiger partial charge in [-0.3, -0.25) is 0 Å². The van der Waals surface area contributed by atoms with Crippen LogP contribution < -0.4 is 10.6 Å². The van der Waals surface area contributed by atoms with Gasteiger partial charge in [0.15, 0.2) is 17.5 Å². The molecule has 0 bridgehead atoms. The van der Waals surface area contributed by atoms with Gasteiger partial charge >= 0.3 is 6.01 Å². The number of nitrogens with zero attached hydrogens (tertiary/aromatic N) is 2. The summed E-state index contributed by atoms with van der Waals surface area (Å²) < 4.78 is 44.5. The van der Waals surface area contributed by atoms with Gasteiger partial charge in [0.05, 0.1) is 12.2 Å². The molecule has 1 heterocycles. The van der Waals surface area contributed by atoms with E-state index >= 15 is 0 Å². The van der Waals surface area contributed by atoms with Crippen LogP contribution in [0, 0.1) is 17.5 Å². The van der Waals surface area contributed by atoms with Crippen LogP contribution in [0.15, 0.2) is 16.5 Å². The Morgan fingerprint density at radius 1 is 1.15 bits per heavy atom. The van der Waals surface area contributed by atoms with Crippen LogP contribution in [0.1, 0.15) is 18.7 Å². The first-order valence-electron chi connectivity index (χ1n) is 6.10. The van der Waals surface area contributed by atoms with Crippen LogP contribution in [0.5, 0.6) is 0 Å². The fraction of sp³-hybridized carbons (Fsp3) is 0.333. The van der Waals surface area contributed by atoms with Gasteiger partial charge < -0.3 is 15.1 Å². The maximum Gasteiger partial charge on any atom is 0.320 e. The van der Waals surface area contributed by atoms with E-state index < -0.39 is 17.5 Å². The van der Waals surface area contributed by atoms with Gasteiger partial charge in [-0.1, -0.05) is 5.10 Å². The molecule has 1 fully saturated rings. The zero-order chi connectivity index (χ0) is 14.1. The second-order valence-electron chi connectivity index (χ2n) is 4.50. The first-order valence-corrected chi connectivity index (χ1v) is 6.10. The van der Waals surface area contributed by atoms with Gasteiger partial charge in [-0.2, -0.15) is 0 Å². The fourth-order valence-electron chi connectivity index (χ4n) is 1.63. The Kier molecular flexibility index (Phi) is 3.31. The normalized spacial score (nSPS) is 14.6. The minimum Gasteiger partial charge on any atom is -0.406 e. The molecule has 0 spiro atoms. The summed E-state index contributed by atoms with van der Waals surface area (Å²) in [6, 6.07) is 2.27. The monoisotopic (exact) mass is 284 g/mol. The Labute approximate surface area is 112 Å². The van der Waals surface area contributed by atoms with E-state index in [1.807, 2.05) is 0 Å². The van der Waals surface area contributed by atoms with Gasteiger partial charge in [0, 0.05) is 6.04 Å². The van der Waals surface area contributed by atoms with Gasteiger partial charge in [0.1, 0.15) is 0 Å². The van der Waals surface area contributed by atoms with Crippen LogP contribution in [-0.4, -0.2) is 16.2 Å². The van der Waals surface area contributed by atoms with Crippen LogP contribution in [0.3, 0.4) is 0 Å². The predicted octanol–water partition coefficient (Wildman–Crippen LogP) is 2.48. The van der Waals surface area contributed by atoms with E-state index in [0.717, 1.165) is 25.0 Å². The number of benzene rings is 1. The number of nitrogens with one attached hydrogen (secondary N) is 2. The van der Waals surface area contributed by atoms with Crippen LogP contribution >= 0.6 is 0 Å². The lowest BCUT2D eigenvalue weighted by atomic mass is 10.3. The molecule has 0 aliphatic heterocycles. The standard InChI is InChI=1S/C12H11F3N4O/c13-7-3-4-8(11(15)10(7)14)17-12-19-18-9(20-12)5-16-6-1-2-6/h3-4,6,16H,1-2,5H2,(H,17,19). The van der Waals surface area contributed by atoms with E-state index in [2.05, 4.69) is 20.8 Å². The van der Waals surface area contributed by atoms with E-state index in [4.69, 9.17) is 4.42 Å². The predicted molar refractivity (Wildman–Crippen MR) is 63.8 cm³/mol. The van der Waals surface area contributed by atoms with Gasteiger partial charge in [-0.05, 0) is 25.0 Å². The summed E-state index contributed by atoms with van der Waals surface area (Å²) in [5.74, 6) is -3.80. The Morgan fingerprint density at radius 2 is 1.95 bits per heavy atom. The molecule has 2 aromatic rings. The number of aromatic nitrogens is 2. The maximum absolute atomic E-state index is 13.4. The first-order chi connectivity index (χ1) is 9.63. The van der Waals surface area contributed by atoms with Crippen molar-refractivity contribution < 1.29 is 17.6 Å². The molecule has 3 rings (SSSR count). The summed E-state index contributed by atoms with van der Waals surface area (Å²) in [6.45, 7) is 0.416. The Hall–Kier alpha value is -2.09. The molecule has 1 saturated carbocycles. The largest absolute Gasteiger partial charge is 0.406 e. The lowest BCUT2D eigenvalue weighted by molar-refractivity contribution is 0.448. The van der Waals surface area contributed by atoms with E-state index in [-0.39, 0.29) is 11.7 Å². The zero-order valence-corrected chi connectivity index (χ0v) is 10.3. The molecule has 1 aliphatic carbocycles. The molecular formula is C12H11F3N4O. The topological polar surface area (TPSA) is 63.0 Å². The molecule has 106 valence electrons. The van der Waals surface area contributed by atoms with Crippen molar-refractivity contribution in [3.05, 3.63) is 35.5 Å². The molecule has 8 heteroatoms. The molecule has 0 amide bonds. The average Bonchev–Trinajstić information content (AvgIpc) is 3.17. The van der Waals surface area contributed by atoms with Crippen molar-refractivity contribution >= 4 is 11.7 Å². The summed E-state index contributed by atoms with van der Waals surface area (Å²) >= 11 is 0. The molecule has 0 atom stereocenters. The number of hydrogen-bond acceptors (Lipinski definition) is 5. The first kappa shape index (κ1) is 12.9. The maximum atomic E-state index is 13.4. The Balaban J connectivity index is 1.69. The van der Waals surface area contributed by atoms with Crippen molar-refractivity contribution in [1.29, 1.82) is 0 Å². The summed E-state index contributed by atoms with van der Waals surface area (Å²) in [6.07, 6.45) is 2.25. The number of anilines is 2. The quantitative estimate of drug-likeness (QED) is 0.826. The third-order valence-corrected chi connectivity index (χ3v) is 2.86. The highest BCUT2D eigenvalue weighted by Crippen LogP contribution is 2.23. The van der Waals surface area contributed by atoms with Crippen molar-refractivity contribution in [2.24, 2.45) is 0 Å². The van der Waals surface area contributed by atoms with Gasteiger partial charge in [-0.15, -0.1) is 5.10 Å². The summed E-state index contributed by atoms with van der Waals surface area (Å²) in [5.41, 5.74) is -0.269. The molecule has 5 nitrogen and oxygen atoms in total. The van der Waals surface area contributed by atoms with Gasteiger partial charge in [-0.25, -0.2) is 13.2 Å². The second-order valence-corrected chi connectivity index (χ2v) is 4.50. The third kappa shape index (κ3) is 2.74. The second kappa shape index (κ2) is 5.12. The van der Waals surface area contributed by atoms with Crippen molar-refractivity contribution in [2.75, 3.05) is 5.32 Å². The molecule has 0 radical (unpaired) electrons. The Morgan fingerprint density at radius 3 is 2.70 bits per heavy atom. The molecule has 20 heavy (non-hydrogen) atoms. The smallest absolute Gasteiger partial charge is 0.320 e. The fourth-order valence-corrected chi connectivity index (χ4v) is 1.63. The molecule has 1 aliphatic rings. The molecule has 1 aromatic carbocycles. The van der Waals surface area contributed by atoms with Gasteiger partial charge in [0.2, 0.25) is 5.89 Å². The van der Waals surface area contributed by atoms with Crippen LogP contribution in [0.2, 0.25) is 0 Å². The number of rotatable bonds is 5. The molecule has 1 aromatic heterocycles. The number of hydrogen-bond donors (Lipinski definition) is 2. The highest BCUT2D eigenvalue weighted by Gasteiger charge is 2.21. The lowest BCUT2D eigenvalue weighted by Crippen LogP contribution is -2.15. The van der Waals surface area contributed by atoms with Crippen molar-refractivity contribution in [3.8, 4) is 0 Å². The summed E-state index contributed by atoms with van der Waals surface area (Å²) in [7, 11) is 0. The highest BCUT2D eigenvalue weighted by atomic mass is 19.2. The zero-order valence-electron chi connectivity index (χ0n) is 10.3. The SMILES string of the molecule is Fc1ccc(Nc2nnc(CNC3CC3)o2)c(F)c1F. The molecule has 2 N–H and O–H groups in total. The van der Waals surface area contributed by atoms with Crippen LogP contribution in [0.25, 0.3) is 0 Å². The van der Waals surface area contributed by atoms with E-state index in [9.17, 15) is 13.2 Å². The van der Waals surface area contributed by atoms with Crippen molar-refractivity contribution in [1.82, 2.24) is 15.5 Å². The molecular weight excluding hydrogens is 273 g/mol. The van der Waals surface area contributed by atoms with E-state index in [1.165, 1.54) is 0 Å².